The number of phenols is 1. The molecular weight excluding hydrogens is 578 g/mol. The molecular formula is C26H16F6N4O2S2. The average molecular weight is 595 g/mol. The van der Waals surface area contributed by atoms with Crippen molar-refractivity contribution in [3.63, 3.8) is 0 Å². The normalized spacial score (nSPS) is 12.1. The molecule has 5 rings (SSSR count). The highest BCUT2D eigenvalue weighted by molar-refractivity contribution is 8.00. The molecule has 0 radical (unpaired) electrons. The Labute approximate surface area is 230 Å². The van der Waals surface area contributed by atoms with E-state index in [2.05, 4.69) is 15.2 Å². The molecule has 40 heavy (non-hydrogen) atoms. The first-order chi connectivity index (χ1) is 18.9. The van der Waals surface area contributed by atoms with E-state index < -0.39 is 23.5 Å². The number of phenolic OH excluding ortho intramolecular Hbond substituents is 1. The van der Waals surface area contributed by atoms with Gasteiger partial charge in [-0.1, -0.05) is 18.2 Å². The standard InChI is InChI=1S/C26H16F6N4O2S2/c1-38-18-7-8-21(37)19(12-18)22-34-35-23(36(22)17-5-3-2-4-6-17)40-24-33-20(13-39-24)14-9-15(25(27,28)29)11-16(10-14)26(30,31)32/h2-13,37H,1H3. The summed E-state index contributed by atoms with van der Waals surface area (Å²) in [6.07, 6.45) is -9.95. The number of methoxy groups -OCH3 is 1. The maximum atomic E-state index is 13.3. The fourth-order valence-corrected chi connectivity index (χ4v) is 5.54. The van der Waals surface area contributed by atoms with Crippen molar-refractivity contribution in [3.05, 3.63) is 83.2 Å². The zero-order chi connectivity index (χ0) is 28.7. The van der Waals surface area contributed by atoms with Gasteiger partial charge in [0.15, 0.2) is 10.2 Å². The molecule has 0 aliphatic rings. The van der Waals surface area contributed by atoms with E-state index >= 15 is 0 Å². The van der Waals surface area contributed by atoms with Crippen LogP contribution in [-0.4, -0.2) is 32.0 Å². The Morgan fingerprint density at radius 2 is 1.55 bits per heavy atom. The lowest BCUT2D eigenvalue weighted by Crippen LogP contribution is -2.11. The van der Waals surface area contributed by atoms with Crippen molar-refractivity contribution in [1.82, 2.24) is 19.7 Å². The molecule has 14 heteroatoms. The third kappa shape index (κ3) is 5.63. The quantitative estimate of drug-likeness (QED) is 0.201. The van der Waals surface area contributed by atoms with E-state index in [0.29, 0.717) is 38.6 Å². The van der Waals surface area contributed by atoms with Crippen LogP contribution in [-0.2, 0) is 12.4 Å². The molecule has 0 saturated carbocycles. The number of benzene rings is 3. The van der Waals surface area contributed by atoms with Gasteiger partial charge in [0.25, 0.3) is 0 Å². The van der Waals surface area contributed by atoms with Crippen LogP contribution >= 0.6 is 23.1 Å². The molecule has 0 unspecified atom stereocenters. The van der Waals surface area contributed by atoms with Gasteiger partial charge in [-0.3, -0.25) is 4.57 Å². The summed E-state index contributed by atoms with van der Waals surface area (Å²) in [5, 5.41) is 20.7. The predicted octanol–water partition coefficient (Wildman–Crippen LogP) is 7.96. The van der Waals surface area contributed by atoms with Crippen molar-refractivity contribution >= 4 is 23.1 Å². The summed E-state index contributed by atoms with van der Waals surface area (Å²) in [6.45, 7) is 0. The van der Waals surface area contributed by atoms with Crippen LogP contribution in [0.3, 0.4) is 0 Å². The van der Waals surface area contributed by atoms with Crippen molar-refractivity contribution in [2.75, 3.05) is 7.11 Å². The van der Waals surface area contributed by atoms with Gasteiger partial charge in [-0.15, -0.1) is 21.5 Å². The largest absolute Gasteiger partial charge is 0.507 e. The smallest absolute Gasteiger partial charge is 0.416 e. The minimum Gasteiger partial charge on any atom is -0.507 e. The van der Waals surface area contributed by atoms with Crippen LogP contribution in [0.25, 0.3) is 28.3 Å². The molecule has 0 aliphatic carbocycles. The fourth-order valence-electron chi connectivity index (χ4n) is 3.76. The van der Waals surface area contributed by atoms with E-state index in [1.54, 1.807) is 47.0 Å². The summed E-state index contributed by atoms with van der Waals surface area (Å²) < 4.78 is 87.2. The number of nitrogens with zero attached hydrogens (tertiary/aromatic N) is 4. The van der Waals surface area contributed by atoms with Crippen LogP contribution in [0.1, 0.15) is 11.1 Å². The molecule has 0 fully saturated rings. The zero-order valence-electron chi connectivity index (χ0n) is 20.2. The second-order valence-electron chi connectivity index (χ2n) is 8.26. The zero-order valence-corrected chi connectivity index (χ0v) is 21.8. The Bertz CT molecular complexity index is 1630. The van der Waals surface area contributed by atoms with Crippen LogP contribution in [0.5, 0.6) is 11.5 Å². The maximum Gasteiger partial charge on any atom is 0.416 e. The molecule has 2 aromatic heterocycles. The maximum absolute atomic E-state index is 13.3. The van der Waals surface area contributed by atoms with Gasteiger partial charge in [0.1, 0.15) is 11.5 Å². The van der Waals surface area contributed by atoms with Gasteiger partial charge in [0, 0.05) is 16.6 Å². The lowest BCUT2D eigenvalue weighted by Gasteiger charge is -2.13. The van der Waals surface area contributed by atoms with Crippen LogP contribution in [0.15, 0.2) is 81.6 Å². The number of ether oxygens (including phenoxy) is 1. The fraction of sp³-hybridized carbons (Fsp3) is 0.115. The Balaban J connectivity index is 1.56. The molecule has 0 atom stereocenters. The molecule has 0 bridgehead atoms. The summed E-state index contributed by atoms with van der Waals surface area (Å²) in [6, 6.07) is 14.9. The first-order valence-corrected chi connectivity index (χ1v) is 12.9. The van der Waals surface area contributed by atoms with E-state index in [1.165, 1.54) is 18.6 Å². The highest BCUT2D eigenvalue weighted by Crippen LogP contribution is 2.41. The van der Waals surface area contributed by atoms with Crippen molar-refractivity contribution < 1.29 is 36.2 Å². The molecule has 0 aliphatic heterocycles. The topological polar surface area (TPSA) is 73.1 Å². The number of rotatable bonds is 6. The molecule has 0 amide bonds. The van der Waals surface area contributed by atoms with Crippen LogP contribution in [0.2, 0.25) is 0 Å². The van der Waals surface area contributed by atoms with Crippen molar-refractivity contribution in [2.45, 2.75) is 21.8 Å². The minimum atomic E-state index is -4.97. The molecule has 2 heterocycles. The van der Waals surface area contributed by atoms with Gasteiger partial charge < -0.3 is 9.84 Å². The van der Waals surface area contributed by atoms with Crippen molar-refractivity contribution in [2.24, 2.45) is 0 Å². The highest BCUT2D eigenvalue weighted by atomic mass is 32.2. The van der Waals surface area contributed by atoms with Crippen molar-refractivity contribution in [1.29, 1.82) is 0 Å². The molecule has 6 nitrogen and oxygen atoms in total. The SMILES string of the molecule is COc1ccc(O)c(-c2nnc(Sc3nc(-c4cc(C(F)(F)F)cc(C(F)(F)F)c4)cs3)n2-c2ccccc2)c1. The van der Waals surface area contributed by atoms with E-state index in [-0.39, 0.29) is 28.9 Å². The number of hydrogen-bond acceptors (Lipinski definition) is 7. The first kappa shape index (κ1) is 27.5. The summed E-state index contributed by atoms with van der Waals surface area (Å²) in [7, 11) is 1.47. The minimum absolute atomic E-state index is 0.0551. The number of thiazole rings is 1. The molecule has 0 saturated heterocycles. The van der Waals surface area contributed by atoms with Gasteiger partial charge in [-0.25, -0.2) is 4.98 Å². The molecule has 5 aromatic rings. The van der Waals surface area contributed by atoms with Crippen LogP contribution in [0.4, 0.5) is 26.3 Å². The Morgan fingerprint density at radius 1 is 0.875 bits per heavy atom. The highest BCUT2D eigenvalue weighted by Gasteiger charge is 2.37. The average Bonchev–Trinajstić information content (AvgIpc) is 3.56. The number of aromatic nitrogens is 4. The van der Waals surface area contributed by atoms with E-state index in [1.807, 2.05) is 0 Å². The second-order valence-corrected chi connectivity index (χ2v) is 10.3. The Kier molecular flexibility index (Phi) is 7.23. The number of alkyl halides is 6. The molecule has 0 spiro atoms. The second kappa shape index (κ2) is 10.5. The van der Waals surface area contributed by atoms with Gasteiger partial charge in [0.05, 0.1) is 29.5 Å². The third-order valence-electron chi connectivity index (χ3n) is 5.64. The summed E-state index contributed by atoms with van der Waals surface area (Å²) in [5.74, 6) is 0.659. The molecule has 1 N–H and O–H groups in total. The number of halogens is 6. The van der Waals surface area contributed by atoms with Gasteiger partial charge >= 0.3 is 12.4 Å². The summed E-state index contributed by atoms with van der Waals surface area (Å²) >= 11 is 2.04. The Morgan fingerprint density at radius 3 is 2.17 bits per heavy atom. The lowest BCUT2D eigenvalue weighted by atomic mass is 10.0. The number of hydrogen-bond donors (Lipinski definition) is 1. The third-order valence-corrected chi connectivity index (χ3v) is 7.52. The number of para-hydroxylation sites is 1. The van der Waals surface area contributed by atoms with E-state index in [9.17, 15) is 31.4 Å². The van der Waals surface area contributed by atoms with E-state index in [4.69, 9.17) is 4.74 Å². The van der Waals surface area contributed by atoms with Gasteiger partial charge in [-0.05, 0) is 60.3 Å². The predicted molar refractivity (Wildman–Crippen MR) is 137 cm³/mol. The summed E-state index contributed by atoms with van der Waals surface area (Å²) in [5.41, 5.74) is -2.27. The summed E-state index contributed by atoms with van der Waals surface area (Å²) in [4.78, 5) is 4.28. The van der Waals surface area contributed by atoms with E-state index in [0.717, 1.165) is 23.1 Å². The van der Waals surface area contributed by atoms with Crippen LogP contribution in [0, 0.1) is 0 Å². The Hall–Kier alpha value is -4.04. The lowest BCUT2D eigenvalue weighted by molar-refractivity contribution is -0.143. The number of aromatic hydroxyl groups is 1. The van der Waals surface area contributed by atoms with Gasteiger partial charge in [-0.2, -0.15) is 26.3 Å². The van der Waals surface area contributed by atoms with Gasteiger partial charge in [0.2, 0.25) is 5.16 Å². The first-order valence-electron chi connectivity index (χ1n) is 11.3. The molecule has 206 valence electrons. The molecule has 3 aromatic carbocycles. The van der Waals surface area contributed by atoms with Crippen LogP contribution < -0.4 is 4.74 Å². The monoisotopic (exact) mass is 594 g/mol. The van der Waals surface area contributed by atoms with Crippen molar-refractivity contribution in [3.8, 4) is 39.8 Å².